The average molecular weight is 298 g/mol. The Bertz CT molecular complexity index is 359. The lowest BCUT2D eigenvalue weighted by atomic mass is 9.90. The van der Waals surface area contributed by atoms with Gasteiger partial charge < -0.3 is 15.7 Å². The van der Waals surface area contributed by atoms with Crippen molar-refractivity contribution in [3.05, 3.63) is 0 Å². The van der Waals surface area contributed by atoms with Crippen LogP contribution in [0.25, 0.3) is 0 Å². The molecule has 0 rings (SSSR count). The summed E-state index contributed by atoms with van der Waals surface area (Å²) in [5, 5.41) is 12.7. The largest absolute Gasteiger partial charge is 0.479 e. The first-order valence-electron chi connectivity index (χ1n) is 6.38. The summed E-state index contributed by atoms with van der Waals surface area (Å²) in [6.45, 7) is 5.81. The molecule has 1 atom stereocenters. The number of rotatable bonds is 6. The van der Waals surface area contributed by atoms with Gasteiger partial charge in [-0.25, -0.2) is 9.59 Å². The molecule has 0 radical (unpaired) electrons. The van der Waals surface area contributed by atoms with Crippen molar-refractivity contribution < 1.29 is 27.9 Å². The first kappa shape index (κ1) is 18.5. The Morgan fingerprint density at radius 2 is 1.40 bits per heavy atom. The Hall–Kier alpha value is -1.47. The maximum Gasteiger partial charge on any atom is 0.422 e. The number of carboxylic acid groups (broad SMARTS) is 1. The molecule has 1 unspecified atom stereocenters. The summed E-state index contributed by atoms with van der Waals surface area (Å²) in [6, 6.07) is -1.14. The fraction of sp³-hybridized carbons (Fsp3) is 0.833. The third kappa shape index (κ3) is 3.77. The molecule has 3 N–H and O–H groups in total. The van der Waals surface area contributed by atoms with Crippen LogP contribution in [0.4, 0.5) is 18.0 Å². The summed E-state index contributed by atoms with van der Waals surface area (Å²) in [5.41, 5.74) is -3.97. The minimum atomic E-state index is -5.09. The molecule has 0 aromatic rings. The molecular formula is C12H21F3N2O3. The molecule has 2 amide bonds. The zero-order valence-corrected chi connectivity index (χ0v) is 12.0. The van der Waals surface area contributed by atoms with E-state index in [1.165, 1.54) is 5.32 Å². The molecule has 0 aliphatic carbocycles. The molecule has 0 aromatic heterocycles. The highest BCUT2D eigenvalue weighted by molar-refractivity contribution is 5.87. The van der Waals surface area contributed by atoms with E-state index in [2.05, 4.69) is 5.32 Å². The Labute approximate surface area is 115 Å². The summed E-state index contributed by atoms with van der Waals surface area (Å²) >= 11 is 0. The second-order valence-corrected chi connectivity index (χ2v) is 4.85. The van der Waals surface area contributed by atoms with Gasteiger partial charge in [0.1, 0.15) is 0 Å². The molecule has 0 aromatic carbocycles. The fourth-order valence-electron chi connectivity index (χ4n) is 1.76. The molecule has 0 saturated heterocycles. The number of carbonyl (C=O) groups is 2. The van der Waals surface area contributed by atoms with Crippen molar-refractivity contribution in [2.75, 3.05) is 0 Å². The molecule has 118 valence electrons. The Morgan fingerprint density at radius 3 is 1.65 bits per heavy atom. The van der Waals surface area contributed by atoms with Gasteiger partial charge in [-0.3, -0.25) is 0 Å². The Morgan fingerprint density at radius 1 is 1.00 bits per heavy atom. The molecule has 20 heavy (non-hydrogen) atoms. The zero-order valence-electron chi connectivity index (χ0n) is 12.0. The van der Waals surface area contributed by atoms with Crippen LogP contribution in [-0.4, -0.2) is 34.4 Å². The van der Waals surface area contributed by atoms with Crippen molar-refractivity contribution in [3.8, 4) is 0 Å². The molecule has 0 aliphatic rings. The van der Waals surface area contributed by atoms with Crippen LogP contribution in [-0.2, 0) is 4.79 Å². The van der Waals surface area contributed by atoms with Crippen molar-refractivity contribution in [1.29, 1.82) is 0 Å². The summed E-state index contributed by atoms with van der Waals surface area (Å²) in [4.78, 5) is 22.5. The first-order valence-corrected chi connectivity index (χ1v) is 6.38. The highest BCUT2D eigenvalue weighted by atomic mass is 19.4. The summed E-state index contributed by atoms with van der Waals surface area (Å²) in [6.07, 6.45) is -3.50. The second-order valence-electron chi connectivity index (χ2n) is 4.85. The van der Waals surface area contributed by atoms with Gasteiger partial charge in [-0.2, -0.15) is 13.2 Å². The molecule has 0 bridgehead atoms. The van der Waals surface area contributed by atoms with Crippen molar-refractivity contribution in [1.82, 2.24) is 10.6 Å². The van der Waals surface area contributed by atoms with Crippen LogP contribution in [0.3, 0.4) is 0 Å². The van der Waals surface area contributed by atoms with Crippen LogP contribution >= 0.6 is 0 Å². The number of hydrogen-bond donors (Lipinski definition) is 3. The number of alkyl halides is 3. The van der Waals surface area contributed by atoms with Crippen LogP contribution in [0.15, 0.2) is 0 Å². The minimum absolute atomic E-state index is 0.417. The van der Waals surface area contributed by atoms with E-state index >= 15 is 0 Å². The van der Waals surface area contributed by atoms with E-state index in [1.54, 1.807) is 20.8 Å². The van der Waals surface area contributed by atoms with Gasteiger partial charge in [-0.15, -0.1) is 0 Å². The number of amides is 2. The standard InChI is InChI=1S/C12H21F3N2O3/c1-5-11(6-2,7-3)17-9(20)16-10(4,8(18)19)12(13,14)15/h5-7H2,1-4H3,(H,18,19)(H2,16,17,20). The normalized spacial score (nSPS) is 15.3. The number of nitrogens with one attached hydrogen (secondary N) is 2. The molecule has 0 aliphatic heterocycles. The number of hydrogen-bond acceptors (Lipinski definition) is 2. The number of urea groups is 1. The highest BCUT2D eigenvalue weighted by Crippen LogP contribution is 2.30. The van der Waals surface area contributed by atoms with Gasteiger partial charge in [-0.1, -0.05) is 20.8 Å². The van der Waals surface area contributed by atoms with Crippen molar-refractivity contribution in [2.45, 2.75) is 64.2 Å². The maximum atomic E-state index is 12.8. The minimum Gasteiger partial charge on any atom is -0.479 e. The van der Waals surface area contributed by atoms with Gasteiger partial charge in [0.25, 0.3) is 0 Å². The van der Waals surface area contributed by atoms with Crippen LogP contribution in [0.5, 0.6) is 0 Å². The van der Waals surface area contributed by atoms with E-state index in [4.69, 9.17) is 5.11 Å². The SMILES string of the molecule is CCC(CC)(CC)NC(=O)NC(C)(C(=O)O)C(F)(F)F. The van der Waals surface area contributed by atoms with E-state index in [0.717, 1.165) is 0 Å². The van der Waals surface area contributed by atoms with Crippen molar-refractivity contribution in [2.24, 2.45) is 0 Å². The van der Waals surface area contributed by atoms with E-state index in [0.29, 0.717) is 26.2 Å². The van der Waals surface area contributed by atoms with E-state index in [1.807, 2.05) is 0 Å². The number of aliphatic carboxylic acids is 1. The highest BCUT2D eigenvalue weighted by Gasteiger charge is 2.58. The molecule has 0 spiro atoms. The lowest BCUT2D eigenvalue weighted by Gasteiger charge is -2.34. The van der Waals surface area contributed by atoms with Crippen LogP contribution in [0.2, 0.25) is 0 Å². The third-order valence-electron chi connectivity index (χ3n) is 3.77. The third-order valence-corrected chi connectivity index (χ3v) is 3.77. The first-order chi connectivity index (χ1) is 8.98. The summed E-state index contributed by atoms with van der Waals surface area (Å²) in [7, 11) is 0. The second kappa shape index (κ2) is 6.32. The van der Waals surface area contributed by atoms with Gasteiger partial charge in [0.2, 0.25) is 5.54 Å². The topological polar surface area (TPSA) is 78.4 Å². The molecule has 8 heteroatoms. The van der Waals surface area contributed by atoms with Gasteiger partial charge in [0.15, 0.2) is 0 Å². The molecule has 0 heterocycles. The lowest BCUT2D eigenvalue weighted by molar-refractivity contribution is -0.203. The lowest BCUT2D eigenvalue weighted by Crippen LogP contribution is -2.65. The van der Waals surface area contributed by atoms with Gasteiger partial charge in [0.05, 0.1) is 0 Å². The molecule has 0 fully saturated rings. The van der Waals surface area contributed by atoms with Gasteiger partial charge in [0, 0.05) is 5.54 Å². The van der Waals surface area contributed by atoms with Crippen LogP contribution in [0.1, 0.15) is 47.0 Å². The smallest absolute Gasteiger partial charge is 0.422 e. The van der Waals surface area contributed by atoms with Crippen LogP contribution in [0, 0.1) is 0 Å². The van der Waals surface area contributed by atoms with Crippen molar-refractivity contribution in [3.63, 3.8) is 0 Å². The Balaban J connectivity index is 5.11. The summed E-state index contributed by atoms with van der Waals surface area (Å²) in [5.74, 6) is -2.16. The molecular weight excluding hydrogens is 277 g/mol. The predicted octanol–water partition coefficient (Wildman–Crippen LogP) is 2.66. The van der Waals surface area contributed by atoms with Crippen LogP contribution < -0.4 is 10.6 Å². The monoisotopic (exact) mass is 298 g/mol. The molecule has 0 saturated carbocycles. The molecule has 5 nitrogen and oxygen atoms in total. The van der Waals surface area contributed by atoms with E-state index < -0.39 is 29.3 Å². The van der Waals surface area contributed by atoms with E-state index in [9.17, 15) is 22.8 Å². The fourth-order valence-corrected chi connectivity index (χ4v) is 1.76. The van der Waals surface area contributed by atoms with Gasteiger partial charge in [-0.05, 0) is 26.2 Å². The predicted molar refractivity (Wildman–Crippen MR) is 67.4 cm³/mol. The quantitative estimate of drug-likeness (QED) is 0.705. The summed E-state index contributed by atoms with van der Waals surface area (Å²) < 4.78 is 38.3. The van der Waals surface area contributed by atoms with E-state index in [-0.39, 0.29) is 0 Å². The number of carboxylic acids is 1. The number of halogens is 3. The Kier molecular flexibility index (Phi) is 5.86. The maximum absolute atomic E-state index is 12.8. The van der Waals surface area contributed by atoms with Crippen molar-refractivity contribution >= 4 is 12.0 Å². The number of carbonyl (C=O) groups excluding carboxylic acids is 1. The zero-order chi connectivity index (χ0) is 16.2. The van der Waals surface area contributed by atoms with Gasteiger partial charge >= 0.3 is 18.2 Å². The average Bonchev–Trinajstić information content (AvgIpc) is 2.34.